The van der Waals surface area contributed by atoms with E-state index in [9.17, 15) is 26.4 Å². The first kappa shape index (κ1) is 28.9. The molecule has 3 atom stereocenters. The van der Waals surface area contributed by atoms with Gasteiger partial charge in [-0.2, -0.15) is 13.2 Å². The largest absolute Gasteiger partial charge is 0.493 e. The van der Waals surface area contributed by atoms with E-state index >= 15 is 0 Å². The number of fused-ring (bicyclic) bond motifs is 2. The number of carbonyl (C=O) groups excluding carboxylic acids is 1. The topological polar surface area (TPSA) is 70.2 Å². The fraction of sp³-hybridized carbons (Fsp3) is 0.552. The number of nitrogens with zero attached hydrogens (tertiary/aromatic N) is 3. The molecule has 40 heavy (non-hydrogen) atoms. The quantitative estimate of drug-likeness (QED) is 0.421. The molecule has 3 saturated heterocycles. The summed E-state index contributed by atoms with van der Waals surface area (Å²) in [5.41, 5.74) is 2.92. The van der Waals surface area contributed by atoms with Crippen LogP contribution in [-0.4, -0.2) is 79.1 Å². The number of rotatable bonds is 8. The molecule has 5 rings (SSSR count). The van der Waals surface area contributed by atoms with Gasteiger partial charge in [0.25, 0.3) is 5.91 Å². The van der Waals surface area contributed by atoms with Crippen LogP contribution in [0.5, 0.6) is 5.75 Å². The second-order valence-electron chi connectivity index (χ2n) is 11.1. The van der Waals surface area contributed by atoms with Crippen molar-refractivity contribution < 1.29 is 31.1 Å². The lowest BCUT2D eigenvalue weighted by molar-refractivity contribution is -0.137. The van der Waals surface area contributed by atoms with Crippen molar-refractivity contribution in [3.05, 3.63) is 64.2 Å². The van der Waals surface area contributed by atoms with Gasteiger partial charge in [-0.15, -0.1) is 0 Å². The molecule has 3 aliphatic rings. The van der Waals surface area contributed by atoms with E-state index in [0.717, 1.165) is 35.4 Å². The standard InChI is InChI=1S/C29H36F3N3O4S/c1-19-20(2)27(39-14-4-12-33-13-5-15-40(33,37)38)11-10-26(19)21(3)34-17-25-16-24(34)18-35(25)28(36)22-6-8-23(9-7-22)29(30,31)32/h6-11,21,24-25H,4-5,12-18H2,1-3H3/t21-,24+,25+/m1/s1. The summed E-state index contributed by atoms with van der Waals surface area (Å²) >= 11 is 0. The monoisotopic (exact) mass is 579 g/mol. The maximum atomic E-state index is 13.1. The van der Waals surface area contributed by atoms with Crippen molar-refractivity contribution in [2.75, 3.05) is 38.5 Å². The molecular weight excluding hydrogens is 543 g/mol. The fourth-order valence-corrected chi connectivity index (χ4v) is 7.92. The average molecular weight is 580 g/mol. The summed E-state index contributed by atoms with van der Waals surface area (Å²) in [7, 11) is -3.09. The van der Waals surface area contributed by atoms with Crippen LogP contribution in [0.3, 0.4) is 0 Å². The van der Waals surface area contributed by atoms with Crippen molar-refractivity contribution in [2.24, 2.45) is 0 Å². The Morgan fingerprint density at radius 2 is 1.77 bits per heavy atom. The molecular formula is C29H36F3N3O4S. The van der Waals surface area contributed by atoms with Gasteiger partial charge in [0.05, 0.1) is 17.9 Å². The number of benzene rings is 2. The highest BCUT2D eigenvalue weighted by Gasteiger charge is 2.47. The van der Waals surface area contributed by atoms with Gasteiger partial charge in [-0.3, -0.25) is 9.69 Å². The van der Waals surface area contributed by atoms with Gasteiger partial charge in [0.15, 0.2) is 0 Å². The zero-order chi connectivity index (χ0) is 28.8. The first-order chi connectivity index (χ1) is 18.9. The zero-order valence-electron chi connectivity index (χ0n) is 23.1. The van der Waals surface area contributed by atoms with Crippen molar-refractivity contribution in [1.82, 2.24) is 14.1 Å². The normalized spacial score (nSPS) is 23.6. The Morgan fingerprint density at radius 3 is 2.38 bits per heavy atom. The molecule has 11 heteroatoms. The molecule has 7 nitrogen and oxygen atoms in total. The molecule has 3 aliphatic heterocycles. The van der Waals surface area contributed by atoms with Gasteiger partial charge in [0.2, 0.25) is 10.0 Å². The molecule has 218 valence electrons. The summed E-state index contributed by atoms with van der Waals surface area (Å²) in [6, 6.07) is 8.88. The van der Waals surface area contributed by atoms with Gasteiger partial charge in [0, 0.05) is 49.9 Å². The minimum absolute atomic E-state index is 0.0330. The SMILES string of the molecule is Cc1c(OCCCN2CCCS2(=O)=O)ccc([C@@H](C)N2C[C@@H]3C[C@H]2CN3C(=O)c2ccc(C(F)(F)F)cc2)c1C. The van der Waals surface area contributed by atoms with Crippen molar-refractivity contribution in [3.63, 3.8) is 0 Å². The molecule has 0 aromatic heterocycles. The summed E-state index contributed by atoms with van der Waals surface area (Å²) in [6.07, 6.45) is -2.26. The third-order valence-electron chi connectivity index (χ3n) is 8.74. The first-order valence-corrected chi connectivity index (χ1v) is 15.4. The van der Waals surface area contributed by atoms with E-state index in [4.69, 9.17) is 4.74 Å². The number of sulfonamides is 1. The Morgan fingerprint density at radius 1 is 1.05 bits per heavy atom. The third kappa shape index (κ3) is 5.60. The molecule has 3 fully saturated rings. The Hall–Kier alpha value is -2.63. The van der Waals surface area contributed by atoms with E-state index in [-0.39, 0.29) is 35.3 Å². The van der Waals surface area contributed by atoms with E-state index in [1.165, 1.54) is 17.7 Å². The van der Waals surface area contributed by atoms with Crippen molar-refractivity contribution >= 4 is 15.9 Å². The fourth-order valence-electron chi connectivity index (χ4n) is 6.36. The van der Waals surface area contributed by atoms with Crippen molar-refractivity contribution in [3.8, 4) is 5.75 Å². The molecule has 3 heterocycles. The van der Waals surface area contributed by atoms with Gasteiger partial charge < -0.3 is 9.64 Å². The number of carbonyl (C=O) groups is 1. The molecule has 0 N–H and O–H groups in total. The van der Waals surface area contributed by atoms with Crippen molar-refractivity contribution in [2.45, 2.75) is 64.3 Å². The Bertz CT molecular complexity index is 1360. The average Bonchev–Trinajstić information content (AvgIpc) is 3.61. The van der Waals surface area contributed by atoms with Gasteiger partial charge in [-0.05, 0) is 87.1 Å². The minimum atomic E-state index is -4.43. The lowest BCUT2D eigenvalue weighted by Gasteiger charge is -2.38. The van der Waals surface area contributed by atoms with Crippen LogP contribution in [0.15, 0.2) is 36.4 Å². The van der Waals surface area contributed by atoms with E-state index in [0.29, 0.717) is 45.6 Å². The van der Waals surface area contributed by atoms with E-state index in [2.05, 4.69) is 24.8 Å². The van der Waals surface area contributed by atoms with Crippen molar-refractivity contribution in [1.29, 1.82) is 0 Å². The van der Waals surface area contributed by atoms with Crippen LogP contribution >= 0.6 is 0 Å². The molecule has 2 aromatic rings. The number of amides is 1. The maximum absolute atomic E-state index is 13.1. The number of hydrogen-bond donors (Lipinski definition) is 0. The maximum Gasteiger partial charge on any atom is 0.416 e. The lowest BCUT2D eigenvalue weighted by atomic mass is 9.96. The van der Waals surface area contributed by atoms with Crippen LogP contribution in [-0.2, 0) is 16.2 Å². The molecule has 0 saturated carbocycles. The van der Waals surface area contributed by atoms with Crippen LogP contribution in [0.4, 0.5) is 13.2 Å². The summed E-state index contributed by atoms with van der Waals surface area (Å²) in [5, 5.41) is 0. The minimum Gasteiger partial charge on any atom is -0.493 e. The second-order valence-corrected chi connectivity index (χ2v) is 13.2. The first-order valence-electron chi connectivity index (χ1n) is 13.8. The van der Waals surface area contributed by atoms with Gasteiger partial charge in [-0.25, -0.2) is 12.7 Å². The molecule has 0 spiro atoms. The Balaban J connectivity index is 1.17. The molecule has 2 bridgehead atoms. The van der Waals surface area contributed by atoms with Gasteiger partial charge >= 0.3 is 6.18 Å². The summed E-state index contributed by atoms with van der Waals surface area (Å²) < 4.78 is 70.2. The van der Waals surface area contributed by atoms with Gasteiger partial charge in [-0.1, -0.05) is 6.07 Å². The lowest BCUT2D eigenvalue weighted by Crippen LogP contribution is -2.49. The van der Waals surface area contributed by atoms with Crippen LogP contribution in [0, 0.1) is 13.8 Å². The van der Waals surface area contributed by atoms with Crippen LogP contribution in [0.25, 0.3) is 0 Å². The Labute approximate surface area is 233 Å². The second kappa shape index (κ2) is 11.0. The number of likely N-dealkylation sites (tertiary alicyclic amines) is 2. The summed E-state index contributed by atoms with van der Waals surface area (Å²) in [6.45, 7) is 9.07. The van der Waals surface area contributed by atoms with Crippen LogP contribution in [0.2, 0.25) is 0 Å². The number of hydrogen-bond acceptors (Lipinski definition) is 5. The summed E-state index contributed by atoms with van der Waals surface area (Å²) in [4.78, 5) is 17.3. The number of ether oxygens (including phenoxy) is 1. The van der Waals surface area contributed by atoms with E-state index in [1.807, 2.05) is 13.0 Å². The highest BCUT2D eigenvalue weighted by atomic mass is 32.2. The summed E-state index contributed by atoms with van der Waals surface area (Å²) in [5.74, 6) is 0.816. The molecule has 0 radical (unpaired) electrons. The van der Waals surface area contributed by atoms with E-state index in [1.54, 1.807) is 9.21 Å². The smallest absolute Gasteiger partial charge is 0.416 e. The highest BCUT2D eigenvalue weighted by molar-refractivity contribution is 7.89. The number of piperazine rings is 1. The third-order valence-corrected chi connectivity index (χ3v) is 10.7. The predicted molar refractivity (Wildman–Crippen MR) is 146 cm³/mol. The van der Waals surface area contributed by atoms with Crippen LogP contribution in [0.1, 0.15) is 64.8 Å². The Kier molecular flexibility index (Phi) is 7.93. The van der Waals surface area contributed by atoms with E-state index < -0.39 is 21.8 Å². The molecule has 0 unspecified atom stereocenters. The molecule has 0 aliphatic carbocycles. The molecule has 2 aromatic carbocycles. The van der Waals surface area contributed by atoms with Crippen LogP contribution < -0.4 is 4.74 Å². The highest BCUT2D eigenvalue weighted by Crippen LogP contribution is 2.40. The zero-order valence-corrected chi connectivity index (χ0v) is 23.9. The molecule has 1 amide bonds. The van der Waals surface area contributed by atoms with Gasteiger partial charge in [0.1, 0.15) is 5.75 Å². The predicted octanol–water partition coefficient (Wildman–Crippen LogP) is 4.79. The number of alkyl halides is 3. The number of halogens is 3.